The van der Waals surface area contributed by atoms with E-state index in [9.17, 15) is 9.59 Å². The molecule has 0 radical (unpaired) electrons. The van der Waals surface area contributed by atoms with E-state index in [1.165, 1.54) is 6.08 Å². The molecule has 6 heteroatoms. The summed E-state index contributed by atoms with van der Waals surface area (Å²) in [6, 6.07) is 14.2. The number of carbonyl (C=O) groups excluding carboxylic acids is 2. The van der Waals surface area contributed by atoms with Crippen molar-refractivity contribution >= 4 is 17.9 Å². The highest BCUT2D eigenvalue weighted by molar-refractivity contribution is 5.99. The Balaban J connectivity index is 1.88. The van der Waals surface area contributed by atoms with Crippen LogP contribution in [0.2, 0.25) is 0 Å². The fraction of sp³-hybridized carbons (Fsp3) is 0.238. The summed E-state index contributed by atoms with van der Waals surface area (Å²) < 4.78 is 10.9. The molecule has 2 aromatic rings. The van der Waals surface area contributed by atoms with Crippen molar-refractivity contribution in [2.75, 3.05) is 13.2 Å². The van der Waals surface area contributed by atoms with Crippen molar-refractivity contribution in [3.8, 4) is 11.5 Å². The molecule has 0 saturated heterocycles. The van der Waals surface area contributed by atoms with E-state index < -0.39 is 11.8 Å². The Morgan fingerprint density at radius 2 is 1.70 bits per heavy atom. The SMILES string of the molecule is CCCOc1ccccc1C(=O)NNC(=O)/C=C/c1ccc(OCC)cc1. The molecule has 0 spiro atoms. The van der Waals surface area contributed by atoms with Crippen LogP contribution in [-0.2, 0) is 4.79 Å². The van der Waals surface area contributed by atoms with Gasteiger partial charge in [0, 0.05) is 6.08 Å². The Bertz CT molecular complexity index is 785. The van der Waals surface area contributed by atoms with Crippen LogP contribution < -0.4 is 20.3 Å². The summed E-state index contributed by atoms with van der Waals surface area (Å²) in [4.78, 5) is 24.2. The van der Waals surface area contributed by atoms with E-state index in [0.717, 1.165) is 17.7 Å². The zero-order valence-electron chi connectivity index (χ0n) is 15.5. The molecule has 27 heavy (non-hydrogen) atoms. The van der Waals surface area contributed by atoms with Crippen LogP contribution in [0.15, 0.2) is 54.6 Å². The molecule has 0 fully saturated rings. The predicted molar refractivity (Wildman–Crippen MR) is 104 cm³/mol. The first kappa shape index (κ1) is 20.0. The Labute approximate surface area is 159 Å². The van der Waals surface area contributed by atoms with E-state index in [1.807, 2.05) is 38.1 Å². The van der Waals surface area contributed by atoms with Crippen molar-refractivity contribution in [2.45, 2.75) is 20.3 Å². The number of benzene rings is 2. The first-order valence-electron chi connectivity index (χ1n) is 8.87. The van der Waals surface area contributed by atoms with Gasteiger partial charge in [0.2, 0.25) is 0 Å². The van der Waals surface area contributed by atoms with Gasteiger partial charge in [-0.2, -0.15) is 0 Å². The van der Waals surface area contributed by atoms with Crippen LogP contribution in [0.5, 0.6) is 11.5 Å². The van der Waals surface area contributed by atoms with Crippen LogP contribution >= 0.6 is 0 Å². The van der Waals surface area contributed by atoms with Crippen LogP contribution in [0, 0.1) is 0 Å². The lowest BCUT2D eigenvalue weighted by molar-refractivity contribution is -0.117. The van der Waals surface area contributed by atoms with Crippen molar-refractivity contribution < 1.29 is 19.1 Å². The smallest absolute Gasteiger partial charge is 0.273 e. The van der Waals surface area contributed by atoms with Crippen LogP contribution in [0.1, 0.15) is 36.2 Å². The molecule has 2 amide bonds. The number of amides is 2. The van der Waals surface area contributed by atoms with Crippen molar-refractivity contribution in [3.05, 3.63) is 65.7 Å². The number of ether oxygens (including phenoxy) is 2. The monoisotopic (exact) mass is 368 g/mol. The fourth-order valence-corrected chi connectivity index (χ4v) is 2.23. The van der Waals surface area contributed by atoms with Gasteiger partial charge in [0.05, 0.1) is 18.8 Å². The van der Waals surface area contributed by atoms with Gasteiger partial charge in [-0.05, 0) is 49.2 Å². The molecule has 142 valence electrons. The second-order valence-electron chi connectivity index (χ2n) is 5.62. The van der Waals surface area contributed by atoms with Gasteiger partial charge in [-0.15, -0.1) is 0 Å². The maximum Gasteiger partial charge on any atom is 0.273 e. The van der Waals surface area contributed by atoms with Crippen molar-refractivity contribution in [1.82, 2.24) is 10.9 Å². The first-order chi connectivity index (χ1) is 13.1. The standard InChI is InChI=1S/C21H24N2O4/c1-3-15-27-19-8-6-5-7-18(19)21(25)23-22-20(24)14-11-16-9-12-17(13-10-16)26-4-2/h5-14H,3-4,15H2,1-2H3,(H,22,24)(H,23,25)/b14-11+. The maximum atomic E-state index is 12.3. The number of nitrogens with one attached hydrogen (secondary N) is 2. The van der Waals surface area contributed by atoms with E-state index >= 15 is 0 Å². The van der Waals surface area contributed by atoms with E-state index in [2.05, 4.69) is 10.9 Å². The molecule has 0 saturated carbocycles. The van der Waals surface area contributed by atoms with Gasteiger partial charge in [0.15, 0.2) is 0 Å². The van der Waals surface area contributed by atoms with E-state index in [4.69, 9.17) is 9.47 Å². The van der Waals surface area contributed by atoms with Crippen LogP contribution in [-0.4, -0.2) is 25.0 Å². The third kappa shape index (κ3) is 6.51. The molecule has 0 atom stereocenters. The van der Waals surface area contributed by atoms with Gasteiger partial charge in [-0.3, -0.25) is 20.4 Å². The zero-order valence-corrected chi connectivity index (χ0v) is 15.5. The molecule has 0 aliphatic heterocycles. The lowest BCUT2D eigenvalue weighted by Gasteiger charge is -2.11. The Kier molecular flexibility index (Phi) is 7.91. The second kappa shape index (κ2) is 10.7. The van der Waals surface area contributed by atoms with Crippen LogP contribution in [0.4, 0.5) is 0 Å². The highest BCUT2D eigenvalue weighted by Crippen LogP contribution is 2.17. The summed E-state index contributed by atoms with van der Waals surface area (Å²) >= 11 is 0. The number of rotatable bonds is 8. The topological polar surface area (TPSA) is 76.7 Å². The van der Waals surface area contributed by atoms with Crippen molar-refractivity contribution in [2.24, 2.45) is 0 Å². The van der Waals surface area contributed by atoms with Gasteiger partial charge in [-0.1, -0.05) is 31.2 Å². The third-order valence-corrected chi connectivity index (χ3v) is 3.51. The second-order valence-corrected chi connectivity index (χ2v) is 5.62. The van der Waals surface area contributed by atoms with E-state index in [-0.39, 0.29) is 0 Å². The molecule has 0 aliphatic carbocycles. The minimum atomic E-state index is -0.441. The Hall–Kier alpha value is -3.28. The van der Waals surface area contributed by atoms with Gasteiger partial charge < -0.3 is 9.47 Å². The molecular formula is C21H24N2O4. The highest BCUT2D eigenvalue weighted by atomic mass is 16.5. The minimum absolute atomic E-state index is 0.363. The number of carbonyl (C=O) groups is 2. The normalized spacial score (nSPS) is 10.4. The average molecular weight is 368 g/mol. The molecule has 0 aliphatic rings. The summed E-state index contributed by atoms with van der Waals surface area (Å²) in [5, 5.41) is 0. The summed E-state index contributed by atoms with van der Waals surface area (Å²) in [5.74, 6) is 0.375. The lowest BCUT2D eigenvalue weighted by atomic mass is 10.2. The summed E-state index contributed by atoms with van der Waals surface area (Å²) in [6.45, 7) is 5.02. The minimum Gasteiger partial charge on any atom is -0.494 e. The highest BCUT2D eigenvalue weighted by Gasteiger charge is 2.12. The van der Waals surface area contributed by atoms with Gasteiger partial charge in [-0.25, -0.2) is 0 Å². The summed E-state index contributed by atoms with van der Waals surface area (Å²) in [7, 11) is 0. The van der Waals surface area contributed by atoms with Gasteiger partial charge in [0.1, 0.15) is 11.5 Å². The third-order valence-electron chi connectivity index (χ3n) is 3.51. The zero-order chi connectivity index (χ0) is 19.5. The van der Waals surface area contributed by atoms with E-state index in [1.54, 1.807) is 30.3 Å². The van der Waals surface area contributed by atoms with Gasteiger partial charge in [0.25, 0.3) is 11.8 Å². The summed E-state index contributed by atoms with van der Waals surface area (Å²) in [5.41, 5.74) is 5.96. The molecule has 0 bridgehead atoms. The number of hydrazine groups is 1. The molecule has 0 aromatic heterocycles. The fourth-order valence-electron chi connectivity index (χ4n) is 2.23. The first-order valence-corrected chi connectivity index (χ1v) is 8.87. The molecule has 2 N–H and O–H groups in total. The molecular weight excluding hydrogens is 344 g/mol. The quantitative estimate of drug-likeness (QED) is 0.553. The molecule has 0 unspecified atom stereocenters. The molecule has 2 aromatic carbocycles. The van der Waals surface area contributed by atoms with Gasteiger partial charge >= 0.3 is 0 Å². The Morgan fingerprint density at radius 3 is 2.41 bits per heavy atom. The Morgan fingerprint density at radius 1 is 0.963 bits per heavy atom. The van der Waals surface area contributed by atoms with Crippen molar-refractivity contribution in [3.63, 3.8) is 0 Å². The van der Waals surface area contributed by atoms with Crippen molar-refractivity contribution in [1.29, 1.82) is 0 Å². The van der Waals surface area contributed by atoms with Crippen LogP contribution in [0.3, 0.4) is 0 Å². The number of hydrogen-bond acceptors (Lipinski definition) is 4. The number of hydrogen-bond donors (Lipinski definition) is 2. The average Bonchev–Trinajstić information content (AvgIpc) is 2.70. The molecule has 0 heterocycles. The van der Waals surface area contributed by atoms with Crippen LogP contribution in [0.25, 0.3) is 6.08 Å². The summed E-state index contributed by atoms with van der Waals surface area (Å²) in [6.07, 6.45) is 3.83. The van der Waals surface area contributed by atoms with E-state index in [0.29, 0.717) is 24.5 Å². The lowest BCUT2D eigenvalue weighted by Crippen LogP contribution is -2.40. The molecule has 6 nitrogen and oxygen atoms in total. The largest absolute Gasteiger partial charge is 0.494 e. The molecule has 2 rings (SSSR count). The predicted octanol–water partition coefficient (Wildman–Crippen LogP) is 3.35. The number of para-hydroxylation sites is 1. The maximum absolute atomic E-state index is 12.3.